The van der Waals surface area contributed by atoms with Crippen LogP contribution in [0.15, 0.2) is 79.0 Å². The van der Waals surface area contributed by atoms with Gasteiger partial charge in [0.15, 0.2) is 0 Å². The van der Waals surface area contributed by atoms with Crippen LogP contribution in [0.2, 0.25) is 0 Å². The van der Waals surface area contributed by atoms with Crippen LogP contribution in [0.25, 0.3) is 22.2 Å². The topological polar surface area (TPSA) is 81.3 Å². The summed E-state index contributed by atoms with van der Waals surface area (Å²) in [6, 6.07) is 23.5. The molecule has 1 fully saturated rings. The lowest BCUT2D eigenvalue weighted by molar-refractivity contribution is -0.0348. The summed E-state index contributed by atoms with van der Waals surface area (Å²) in [5, 5.41) is 1.19. The molecule has 0 spiro atoms. The maximum Gasteiger partial charge on any atom is 0.248 e. The molecule has 1 saturated heterocycles. The molecule has 32 heavy (non-hydrogen) atoms. The van der Waals surface area contributed by atoms with E-state index in [1.54, 1.807) is 12.1 Å². The van der Waals surface area contributed by atoms with Crippen molar-refractivity contribution < 1.29 is 9.53 Å². The average molecular weight is 425 g/mol. The van der Waals surface area contributed by atoms with Gasteiger partial charge in [-0.05, 0) is 42.0 Å². The van der Waals surface area contributed by atoms with Crippen molar-refractivity contribution in [3.05, 3.63) is 95.8 Å². The minimum absolute atomic E-state index is 0.115. The summed E-state index contributed by atoms with van der Waals surface area (Å²) in [6.07, 6.45) is 1.71. The number of aromatic nitrogens is 2. The third-order valence-corrected chi connectivity index (χ3v) is 5.82. The zero-order chi connectivity index (χ0) is 21.9. The van der Waals surface area contributed by atoms with Gasteiger partial charge in [-0.1, -0.05) is 36.4 Å². The van der Waals surface area contributed by atoms with Crippen molar-refractivity contribution in [1.29, 1.82) is 0 Å². The molecule has 6 nitrogen and oxygen atoms in total. The molecule has 0 unspecified atom stereocenters. The van der Waals surface area contributed by atoms with Crippen molar-refractivity contribution in [2.24, 2.45) is 5.73 Å². The number of hydrogen-bond acceptors (Lipinski definition) is 5. The Balaban J connectivity index is 1.36. The van der Waals surface area contributed by atoms with Crippen LogP contribution in [-0.2, 0) is 11.3 Å². The second-order valence-corrected chi connectivity index (χ2v) is 7.97. The first-order chi connectivity index (χ1) is 15.7. The third kappa shape index (κ3) is 4.23. The first-order valence-corrected chi connectivity index (χ1v) is 10.7. The predicted octanol–water partition coefficient (Wildman–Crippen LogP) is 3.97. The number of carbonyl (C=O) groups is 1. The van der Waals surface area contributed by atoms with E-state index in [1.807, 2.05) is 48.7 Å². The van der Waals surface area contributed by atoms with Crippen molar-refractivity contribution in [3.8, 4) is 11.3 Å². The molecule has 2 N–H and O–H groups in total. The van der Waals surface area contributed by atoms with Crippen molar-refractivity contribution in [2.75, 3.05) is 19.7 Å². The highest BCUT2D eigenvalue weighted by molar-refractivity contribution is 5.94. The number of morpholine rings is 1. The molecule has 4 aromatic rings. The molecule has 160 valence electrons. The number of amides is 1. The Labute approximate surface area is 186 Å². The van der Waals surface area contributed by atoms with Gasteiger partial charge in [-0.25, -0.2) is 0 Å². The van der Waals surface area contributed by atoms with Gasteiger partial charge in [0, 0.05) is 42.3 Å². The van der Waals surface area contributed by atoms with Crippen LogP contribution < -0.4 is 5.73 Å². The van der Waals surface area contributed by atoms with Gasteiger partial charge in [-0.15, -0.1) is 0 Å². The Morgan fingerprint density at radius 2 is 1.94 bits per heavy atom. The van der Waals surface area contributed by atoms with Gasteiger partial charge in [-0.3, -0.25) is 19.7 Å². The molecule has 6 heteroatoms. The van der Waals surface area contributed by atoms with Crippen LogP contribution in [0, 0.1) is 0 Å². The Kier molecular flexibility index (Phi) is 5.62. The highest BCUT2D eigenvalue weighted by atomic mass is 16.5. The van der Waals surface area contributed by atoms with E-state index in [0.29, 0.717) is 12.2 Å². The predicted molar refractivity (Wildman–Crippen MR) is 124 cm³/mol. The van der Waals surface area contributed by atoms with E-state index in [-0.39, 0.29) is 6.10 Å². The van der Waals surface area contributed by atoms with E-state index in [0.717, 1.165) is 42.1 Å². The second kappa shape index (κ2) is 8.86. The van der Waals surface area contributed by atoms with Gasteiger partial charge in [-0.2, -0.15) is 0 Å². The number of primary amides is 1. The van der Waals surface area contributed by atoms with E-state index in [9.17, 15) is 4.79 Å². The lowest BCUT2D eigenvalue weighted by Gasteiger charge is -2.33. The maximum absolute atomic E-state index is 11.5. The Bertz CT molecular complexity index is 1270. The van der Waals surface area contributed by atoms with Crippen LogP contribution in [-0.4, -0.2) is 40.5 Å². The number of nitrogens with zero attached hydrogens (tertiary/aromatic N) is 3. The van der Waals surface area contributed by atoms with Crippen molar-refractivity contribution >= 4 is 16.8 Å². The van der Waals surface area contributed by atoms with Crippen molar-refractivity contribution in [2.45, 2.75) is 12.6 Å². The lowest BCUT2D eigenvalue weighted by Crippen LogP contribution is -2.38. The maximum atomic E-state index is 11.5. The van der Waals surface area contributed by atoms with Crippen LogP contribution in [0.4, 0.5) is 0 Å². The molecule has 1 aliphatic rings. The minimum Gasteiger partial charge on any atom is -0.369 e. The SMILES string of the molecule is NC(=O)c1cccc(-c2cccc([C@@H]3CN(Cc4cccc5ncccc45)CCO3)n2)c1. The van der Waals surface area contributed by atoms with Gasteiger partial charge in [0.05, 0.1) is 23.5 Å². The molecule has 1 aliphatic heterocycles. The first kappa shape index (κ1) is 20.3. The number of rotatable bonds is 5. The number of nitrogens with two attached hydrogens (primary N) is 1. The smallest absolute Gasteiger partial charge is 0.248 e. The average Bonchev–Trinajstić information content (AvgIpc) is 2.85. The summed E-state index contributed by atoms with van der Waals surface area (Å²) < 4.78 is 6.08. The zero-order valence-corrected chi connectivity index (χ0v) is 17.6. The van der Waals surface area contributed by atoms with Gasteiger partial charge in [0.1, 0.15) is 6.10 Å². The van der Waals surface area contributed by atoms with E-state index < -0.39 is 5.91 Å². The highest BCUT2D eigenvalue weighted by Gasteiger charge is 2.24. The third-order valence-electron chi connectivity index (χ3n) is 5.82. The van der Waals surface area contributed by atoms with Crippen molar-refractivity contribution in [3.63, 3.8) is 0 Å². The van der Waals surface area contributed by atoms with Gasteiger partial charge in [0.25, 0.3) is 0 Å². The fraction of sp³-hybridized carbons (Fsp3) is 0.192. The molecule has 2 aromatic carbocycles. The number of pyridine rings is 2. The molecule has 3 heterocycles. The normalized spacial score (nSPS) is 16.8. The molecular formula is C26H24N4O2. The molecule has 1 amide bonds. The molecule has 2 aromatic heterocycles. The monoisotopic (exact) mass is 424 g/mol. The van der Waals surface area contributed by atoms with Crippen LogP contribution in [0.3, 0.4) is 0 Å². The summed E-state index contributed by atoms with van der Waals surface area (Å²) in [6.45, 7) is 3.11. The Morgan fingerprint density at radius 3 is 2.84 bits per heavy atom. The molecule has 5 rings (SSSR count). The van der Waals surface area contributed by atoms with Gasteiger partial charge >= 0.3 is 0 Å². The summed E-state index contributed by atoms with van der Waals surface area (Å²) in [7, 11) is 0. The minimum atomic E-state index is -0.446. The highest BCUT2D eigenvalue weighted by Crippen LogP contribution is 2.26. The van der Waals surface area contributed by atoms with E-state index in [4.69, 9.17) is 15.5 Å². The molecular weight excluding hydrogens is 400 g/mol. The number of carbonyl (C=O) groups excluding carboxylic acids is 1. The van der Waals surface area contributed by atoms with Gasteiger partial charge < -0.3 is 10.5 Å². The van der Waals surface area contributed by atoms with E-state index in [1.165, 1.54) is 10.9 Å². The zero-order valence-electron chi connectivity index (χ0n) is 17.6. The van der Waals surface area contributed by atoms with Crippen LogP contribution >= 0.6 is 0 Å². The summed E-state index contributed by atoms with van der Waals surface area (Å²) in [5.74, 6) is -0.446. The first-order valence-electron chi connectivity index (χ1n) is 10.7. The summed E-state index contributed by atoms with van der Waals surface area (Å²) in [4.78, 5) is 23.3. The molecule has 0 saturated carbocycles. The Morgan fingerprint density at radius 1 is 1.06 bits per heavy atom. The largest absolute Gasteiger partial charge is 0.369 e. The lowest BCUT2D eigenvalue weighted by atomic mass is 10.1. The molecule has 0 radical (unpaired) electrons. The van der Waals surface area contributed by atoms with Crippen LogP contribution in [0.5, 0.6) is 0 Å². The quantitative estimate of drug-likeness (QED) is 0.524. The number of hydrogen-bond donors (Lipinski definition) is 1. The summed E-state index contributed by atoms with van der Waals surface area (Å²) >= 11 is 0. The number of ether oxygens (including phenoxy) is 1. The van der Waals surface area contributed by atoms with E-state index >= 15 is 0 Å². The summed E-state index contributed by atoms with van der Waals surface area (Å²) in [5.41, 5.74) is 10.7. The van der Waals surface area contributed by atoms with Gasteiger partial charge in [0.2, 0.25) is 5.91 Å². The van der Waals surface area contributed by atoms with Crippen LogP contribution in [0.1, 0.15) is 27.7 Å². The second-order valence-electron chi connectivity index (χ2n) is 7.97. The molecule has 0 aliphatic carbocycles. The number of fused-ring (bicyclic) bond motifs is 1. The fourth-order valence-electron chi connectivity index (χ4n) is 4.19. The van der Waals surface area contributed by atoms with E-state index in [2.05, 4.69) is 28.1 Å². The number of benzene rings is 2. The standard InChI is InChI=1S/C26H24N4O2/c27-26(31)19-6-1-5-18(15-19)22-9-3-11-24(29-22)25-17-30(13-14-32-25)16-20-7-2-10-23-21(20)8-4-12-28-23/h1-12,15,25H,13-14,16-17H2,(H2,27,31)/t25-/m0/s1. The molecule has 1 atom stereocenters. The molecule has 0 bridgehead atoms. The fourth-order valence-corrected chi connectivity index (χ4v) is 4.19. The Hall–Kier alpha value is -3.61. The van der Waals surface area contributed by atoms with Crippen molar-refractivity contribution in [1.82, 2.24) is 14.9 Å².